The van der Waals surface area contributed by atoms with E-state index in [4.69, 9.17) is 16.7 Å². The first kappa shape index (κ1) is 10.6. The van der Waals surface area contributed by atoms with Crippen molar-refractivity contribution in [3.63, 3.8) is 0 Å². The zero-order chi connectivity index (χ0) is 10.6. The van der Waals surface area contributed by atoms with Gasteiger partial charge in [0, 0.05) is 19.5 Å². The van der Waals surface area contributed by atoms with E-state index in [0.29, 0.717) is 25.4 Å². The van der Waals surface area contributed by atoms with Gasteiger partial charge in [0.15, 0.2) is 0 Å². The highest BCUT2D eigenvalue weighted by Gasteiger charge is 2.21. The Morgan fingerprint density at radius 3 is 2.43 bits per heavy atom. The van der Waals surface area contributed by atoms with E-state index in [1.807, 2.05) is 0 Å². The molecule has 1 rings (SSSR count). The largest absolute Gasteiger partial charge is 0.408 e. The topological polar surface area (TPSA) is 105 Å². The number of likely N-dealkylation sites (tertiary alicyclic amines) is 1. The van der Waals surface area contributed by atoms with E-state index in [-0.39, 0.29) is 11.9 Å². The smallest absolute Gasteiger partial charge is 0.233 e. The van der Waals surface area contributed by atoms with Crippen LogP contribution in [0.15, 0.2) is 5.16 Å². The standard InChI is InChI=1S/C8H16N4O2/c9-7(13)5-6-1-3-12(4-2-6)8(10)11-14/h6,14H,1-5H2,(H2,9,13)(H2,10,11). The van der Waals surface area contributed by atoms with Gasteiger partial charge in [-0.05, 0) is 18.8 Å². The summed E-state index contributed by atoms with van der Waals surface area (Å²) in [4.78, 5) is 12.4. The molecule has 1 amide bonds. The fourth-order valence-corrected chi connectivity index (χ4v) is 1.71. The number of nitrogens with zero attached hydrogens (tertiary/aromatic N) is 2. The third kappa shape index (κ3) is 2.79. The molecule has 80 valence electrons. The summed E-state index contributed by atoms with van der Waals surface area (Å²) >= 11 is 0. The maximum absolute atomic E-state index is 10.7. The molecule has 0 bridgehead atoms. The summed E-state index contributed by atoms with van der Waals surface area (Å²) in [6.07, 6.45) is 2.16. The van der Waals surface area contributed by atoms with Crippen LogP contribution >= 0.6 is 0 Å². The number of rotatable bonds is 2. The second-order valence-corrected chi connectivity index (χ2v) is 3.56. The van der Waals surface area contributed by atoms with Crippen LogP contribution in [0.2, 0.25) is 0 Å². The van der Waals surface area contributed by atoms with Gasteiger partial charge in [0.2, 0.25) is 11.9 Å². The average molecular weight is 200 g/mol. The fourth-order valence-electron chi connectivity index (χ4n) is 1.71. The number of hydrogen-bond acceptors (Lipinski definition) is 3. The summed E-state index contributed by atoms with van der Waals surface area (Å²) in [6, 6.07) is 0. The lowest BCUT2D eigenvalue weighted by Gasteiger charge is -2.31. The van der Waals surface area contributed by atoms with Gasteiger partial charge < -0.3 is 21.6 Å². The molecule has 1 saturated heterocycles. The van der Waals surface area contributed by atoms with Gasteiger partial charge in [-0.25, -0.2) is 0 Å². The molecule has 1 fully saturated rings. The summed E-state index contributed by atoms with van der Waals surface area (Å²) in [5.41, 5.74) is 10.5. The number of carbonyl (C=O) groups excluding carboxylic acids is 1. The number of nitrogens with two attached hydrogens (primary N) is 2. The van der Waals surface area contributed by atoms with Crippen LogP contribution in [0.3, 0.4) is 0 Å². The lowest BCUT2D eigenvalue weighted by atomic mass is 9.93. The number of guanidine groups is 1. The molecule has 1 aliphatic heterocycles. The molecule has 5 N–H and O–H groups in total. The zero-order valence-electron chi connectivity index (χ0n) is 8.02. The van der Waals surface area contributed by atoms with E-state index in [9.17, 15) is 4.79 Å². The van der Waals surface area contributed by atoms with Crippen LogP contribution in [-0.2, 0) is 4.79 Å². The van der Waals surface area contributed by atoms with Gasteiger partial charge in [-0.15, -0.1) is 0 Å². The van der Waals surface area contributed by atoms with Crippen LogP contribution in [0.4, 0.5) is 0 Å². The highest BCUT2D eigenvalue weighted by molar-refractivity contribution is 5.77. The van der Waals surface area contributed by atoms with Gasteiger partial charge in [-0.1, -0.05) is 5.16 Å². The number of carbonyl (C=O) groups is 1. The summed E-state index contributed by atoms with van der Waals surface area (Å²) in [7, 11) is 0. The molecule has 0 aromatic carbocycles. The predicted molar refractivity (Wildman–Crippen MR) is 51.5 cm³/mol. The molecule has 6 nitrogen and oxygen atoms in total. The van der Waals surface area contributed by atoms with Crippen LogP contribution in [0.25, 0.3) is 0 Å². The van der Waals surface area contributed by atoms with Gasteiger partial charge in [-0.2, -0.15) is 0 Å². The van der Waals surface area contributed by atoms with Crippen LogP contribution in [0.5, 0.6) is 0 Å². The SMILES string of the molecule is NC(=O)CC1CCN(C(N)=NO)CC1. The average Bonchev–Trinajstić information content (AvgIpc) is 2.17. The van der Waals surface area contributed by atoms with Gasteiger partial charge in [0.25, 0.3) is 0 Å². The summed E-state index contributed by atoms with van der Waals surface area (Å²) in [6.45, 7) is 1.43. The molecule has 0 aromatic heterocycles. The van der Waals surface area contributed by atoms with Crippen molar-refractivity contribution in [3.05, 3.63) is 0 Å². The normalized spacial score (nSPS) is 19.7. The van der Waals surface area contributed by atoms with Crippen LogP contribution in [-0.4, -0.2) is 35.1 Å². The molecule has 14 heavy (non-hydrogen) atoms. The second kappa shape index (κ2) is 4.69. The Labute approximate surface area is 82.5 Å². The van der Waals surface area contributed by atoms with Gasteiger partial charge in [-0.3, -0.25) is 4.79 Å². The van der Waals surface area contributed by atoms with E-state index in [2.05, 4.69) is 5.16 Å². The molecular weight excluding hydrogens is 184 g/mol. The van der Waals surface area contributed by atoms with Crippen molar-refractivity contribution in [2.24, 2.45) is 22.5 Å². The van der Waals surface area contributed by atoms with E-state index < -0.39 is 0 Å². The number of hydrogen-bond donors (Lipinski definition) is 3. The number of amides is 1. The summed E-state index contributed by atoms with van der Waals surface area (Å²) in [5.74, 6) is 0.227. The van der Waals surface area contributed by atoms with Crippen LogP contribution in [0.1, 0.15) is 19.3 Å². The first-order valence-corrected chi connectivity index (χ1v) is 4.64. The number of piperidine rings is 1. The van der Waals surface area contributed by atoms with Crippen molar-refractivity contribution in [1.82, 2.24) is 4.90 Å². The predicted octanol–water partition coefficient (Wildman–Crippen LogP) is -0.722. The molecule has 0 atom stereocenters. The number of primary amides is 1. The molecular formula is C8H16N4O2. The van der Waals surface area contributed by atoms with E-state index >= 15 is 0 Å². The molecule has 0 radical (unpaired) electrons. The molecule has 0 unspecified atom stereocenters. The minimum Gasteiger partial charge on any atom is -0.408 e. The Balaban J connectivity index is 2.35. The minimum absolute atomic E-state index is 0.141. The maximum Gasteiger partial charge on any atom is 0.233 e. The summed E-state index contributed by atoms with van der Waals surface area (Å²) < 4.78 is 0. The van der Waals surface area contributed by atoms with Crippen molar-refractivity contribution in [2.45, 2.75) is 19.3 Å². The second-order valence-electron chi connectivity index (χ2n) is 3.56. The van der Waals surface area contributed by atoms with E-state index in [1.165, 1.54) is 0 Å². The highest BCUT2D eigenvalue weighted by atomic mass is 16.4. The molecule has 0 aliphatic carbocycles. The van der Waals surface area contributed by atoms with Crippen LogP contribution < -0.4 is 11.5 Å². The zero-order valence-corrected chi connectivity index (χ0v) is 8.02. The quantitative estimate of drug-likeness (QED) is 0.237. The minimum atomic E-state index is -0.257. The monoisotopic (exact) mass is 200 g/mol. The third-order valence-corrected chi connectivity index (χ3v) is 2.53. The van der Waals surface area contributed by atoms with Gasteiger partial charge in [0.05, 0.1) is 0 Å². The Bertz CT molecular complexity index is 233. The van der Waals surface area contributed by atoms with Crippen molar-refractivity contribution < 1.29 is 10.0 Å². The number of oxime groups is 1. The van der Waals surface area contributed by atoms with Crippen LogP contribution in [0, 0.1) is 5.92 Å². The Morgan fingerprint density at radius 1 is 1.43 bits per heavy atom. The Kier molecular flexibility index (Phi) is 3.55. The van der Waals surface area contributed by atoms with Crippen molar-refractivity contribution >= 4 is 11.9 Å². The van der Waals surface area contributed by atoms with E-state index in [1.54, 1.807) is 4.90 Å². The Hall–Kier alpha value is -1.46. The van der Waals surface area contributed by atoms with Gasteiger partial charge >= 0.3 is 0 Å². The van der Waals surface area contributed by atoms with Crippen molar-refractivity contribution in [1.29, 1.82) is 0 Å². The lowest BCUT2D eigenvalue weighted by Crippen LogP contribution is -2.43. The molecule has 6 heteroatoms. The molecule has 0 spiro atoms. The molecule has 0 aromatic rings. The lowest BCUT2D eigenvalue weighted by molar-refractivity contribution is -0.119. The first-order chi connectivity index (χ1) is 6.63. The van der Waals surface area contributed by atoms with Crippen molar-refractivity contribution in [2.75, 3.05) is 13.1 Å². The third-order valence-electron chi connectivity index (χ3n) is 2.53. The Morgan fingerprint density at radius 2 is 2.00 bits per heavy atom. The van der Waals surface area contributed by atoms with E-state index in [0.717, 1.165) is 12.8 Å². The molecule has 1 heterocycles. The molecule has 1 aliphatic rings. The first-order valence-electron chi connectivity index (χ1n) is 4.64. The summed E-state index contributed by atoms with van der Waals surface area (Å²) in [5, 5.41) is 11.4. The highest BCUT2D eigenvalue weighted by Crippen LogP contribution is 2.19. The fraction of sp³-hybridized carbons (Fsp3) is 0.750. The maximum atomic E-state index is 10.7. The molecule has 0 saturated carbocycles. The van der Waals surface area contributed by atoms with Crippen molar-refractivity contribution in [3.8, 4) is 0 Å². The van der Waals surface area contributed by atoms with Gasteiger partial charge in [0.1, 0.15) is 0 Å².